The van der Waals surface area contributed by atoms with Gasteiger partial charge in [-0.2, -0.15) is 0 Å². The summed E-state index contributed by atoms with van der Waals surface area (Å²) in [6.45, 7) is 2.06. The Morgan fingerprint density at radius 3 is 1.38 bits per heavy atom. The minimum atomic E-state index is -0.535. The molecule has 1 aliphatic rings. The van der Waals surface area contributed by atoms with E-state index >= 15 is 0 Å². The lowest BCUT2D eigenvalue weighted by molar-refractivity contribution is 0.409. The van der Waals surface area contributed by atoms with Crippen LogP contribution in [0.15, 0.2) is 91.0 Å². The Kier molecular flexibility index (Phi) is 6.26. The summed E-state index contributed by atoms with van der Waals surface area (Å²) in [5.74, 6) is 0. The average Bonchev–Trinajstić information content (AvgIpc) is 3.09. The van der Waals surface area contributed by atoms with E-state index in [9.17, 15) is 0 Å². The van der Waals surface area contributed by atoms with Crippen LogP contribution in [0.3, 0.4) is 0 Å². The van der Waals surface area contributed by atoms with E-state index in [0.29, 0.717) is 0 Å². The number of thiocarbonyl (C=S) groups is 1. The highest BCUT2D eigenvalue weighted by Gasteiger charge is 2.37. The van der Waals surface area contributed by atoms with E-state index in [0.717, 1.165) is 18.2 Å². The zero-order valence-corrected chi connectivity index (χ0v) is 17.6. The molecule has 0 amide bonds. The van der Waals surface area contributed by atoms with E-state index in [1.54, 1.807) is 0 Å². The van der Waals surface area contributed by atoms with Gasteiger partial charge in [-0.25, -0.2) is 0 Å². The van der Waals surface area contributed by atoms with Crippen LogP contribution in [0.4, 0.5) is 0 Å². The first-order chi connectivity index (χ1) is 14.3. The summed E-state index contributed by atoms with van der Waals surface area (Å²) < 4.78 is 0. The van der Waals surface area contributed by atoms with Crippen molar-refractivity contribution in [1.82, 2.24) is 10.2 Å². The van der Waals surface area contributed by atoms with Crippen molar-refractivity contribution in [1.29, 1.82) is 0 Å². The number of rotatable bonds is 4. The molecule has 0 saturated carbocycles. The largest absolute Gasteiger partial charge is 0.349 e. The van der Waals surface area contributed by atoms with Gasteiger partial charge in [0.15, 0.2) is 5.11 Å². The smallest absolute Gasteiger partial charge is 0.170 e. The van der Waals surface area contributed by atoms with Gasteiger partial charge in [0.25, 0.3) is 0 Å². The minimum Gasteiger partial charge on any atom is -0.349 e. The molecule has 1 fully saturated rings. The van der Waals surface area contributed by atoms with Gasteiger partial charge in [-0.05, 0) is 41.7 Å². The second-order valence-corrected chi connectivity index (χ2v) is 8.07. The van der Waals surface area contributed by atoms with Gasteiger partial charge in [0.05, 0.1) is 0 Å². The number of hydrogen-bond acceptors (Lipinski definition) is 1. The molecule has 4 rings (SSSR count). The molecule has 148 valence electrons. The van der Waals surface area contributed by atoms with Crippen molar-refractivity contribution in [2.24, 2.45) is 0 Å². The fourth-order valence-electron chi connectivity index (χ4n) is 4.29. The van der Waals surface area contributed by atoms with E-state index in [4.69, 9.17) is 12.2 Å². The highest BCUT2D eigenvalue weighted by molar-refractivity contribution is 7.80. The molecule has 0 aromatic heterocycles. The molecular weight excluding hydrogens is 372 g/mol. The Labute approximate surface area is 179 Å². The van der Waals surface area contributed by atoms with Crippen molar-refractivity contribution < 1.29 is 0 Å². The SMILES string of the molecule is S=C(NC(c1ccccc1)(c1ccccc1)c1ccccc1)N1CCCCCC1. The summed E-state index contributed by atoms with van der Waals surface area (Å²) in [7, 11) is 0. The first kappa shape index (κ1) is 19.7. The van der Waals surface area contributed by atoms with Crippen molar-refractivity contribution in [2.75, 3.05) is 13.1 Å². The van der Waals surface area contributed by atoms with Crippen LogP contribution in [-0.2, 0) is 5.54 Å². The molecule has 29 heavy (non-hydrogen) atoms. The Bertz CT molecular complexity index is 805. The van der Waals surface area contributed by atoms with Crippen molar-refractivity contribution >= 4 is 17.3 Å². The Balaban J connectivity index is 1.84. The van der Waals surface area contributed by atoms with Crippen LogP contribution >= 0.6 is 12.2 Å². The number of benzene rings is 3. The fourth-order valence-corrected chi connectivity index (χ4v) is 4.63. The van der Waals surface area contributed by atoms with Crippen LogP contribution in [0.2, 0.25) is 0 Å². The van der Waals surface area contributed by atoms with Crippen molar-refractivity contribution in [3.05, 3.63) is 108 Å². The molecule has 0 unspecified atom stereocenters. The molecule has 1 N–H and O–H groups in total. The Hall–Kier alpha value is -2.65. The van der Waals surface area contributed by atoms with Gasteiger partial charge in [0.2, 0.25) is 0 Å². The van der Waals surface area contributed by atoms with Crippen LogP contribution < -0.4 is 5.32 Å². The first-order valence-corrected chi connectivity index (χ1v) is 11.0. The third kappa shape index (κ3) is 4.20. The predicted octanol–water partition coefficient (Wildman–Crippen LogP) is 5.73. The van der Waals surface area contributed by atoms with E-state index < -0.39 is 5.54 Å². The molecule has 1 heterocycles. The standard InChI is InChI=1S/C26H28N2S/c29-25(28-20-12-1-2-13-21-28)27-26(22-14-6-3-7-15-22,23-16-8-4-9-17-23)24-18-10-5-11-19-24/h3-11,14-19H,1-2,12-13,20-21H2,(H,27,29). The van der Waals surface area contributed by atoms with E-state index in [2.05, 4.69) is 101 Å². The molecule has 0 aliphatic carbocycles. The molecular formula is C26H28N2S. The van der Waals surface area contributed by atoms with Crippen LogP contribution in [0, 0.1) is 0 Å². The predicted molar refractivity (Wildman–Crippen MR) is 125 cm³/mol. The highest BCUT2D eigenvalue weighted by Crippen LogP contribution is 2.37. The summed E-state index contributed by atoms with van der Waals surface area (Å²) >= 11 is 6.00. The van der Waals surface area contributed by atoms with Crippen LogP contribution in [0.5, 0.6) is 0 Å². The Morgan fingerprint density at radius 1 is 0.621 bits per heavy atom. The monoisotopic (exact) mass is 400 g/mol. The maximum atomic E-state index is 6.00. The fraction of sp³-hybridized carbons (Fsp3) is 0.269. The van der Waals surface area contributed by atoms with Gasteiger partial charge in [0.1, 0.15) is 5.54 Å². The maximum absolute atomic E-state index is 6.00. The van der Waals surface area contributed by atoms with E-state index in [1.807, 2.05) is 0 Å². The first-order valence-electron chi connectivity index (χ1n) is 10.5. The molecule has 1 aliphatic heterocycles. The molecule has 3 aromatic carbocycles. The van der Waals surface area contributed by atoms with Crippen LogP contribution in [-0.4, -0.2) is 23.1 Å². The lowest BCUT2D eigenvalue weighted by Crippen LogP contribution is -2.52. The molecule has 3 aromatic rings. The summed E-state index contributed by atoms with van der Waals surface area (Å²) in [6.07, 6.45) is 4.99. The summed E-state index contributed by atoms with van der Waals surface area (Å²) in [4.78, 5) is 2.35. The quantitative estimate of drug-likeness (QED) is 0.445. The molecule has 0 spiro atoms. The van der Waals surface area contributed by atoms with Gasteiger partial charge in [-0.15, -0.1) is 0 Å². The van der Waals surface area contributed by atoms with Crippen molar-refractivity contribution in [2.45, 2.75) is 31.2 Å². The second-order valence-electron chi connectivity index (χ2n) is 7.68. The van der Waals surface area contributed by atoms with Gasteiger partial charge >= 0.3 is 0 Å². The average molecular weight is 401 g/mol. The third-order valence-corrected chi connectivity index (χ3v) is 6.17. The van der Waals surface area contributed by atoms with E-state index in [-0.39, 0.29) is 0 Å². The molecule has 1 saturated heterocycles. The van der Waals surface area contributed by atoms with Crippen LogP contribution in [0.1, 0.15) is 42.4 Å². The summed E-state index contributed by atoms with van der Waals surface area (Å²) in [5, 5.41) is 4.67. The van der Waals surface area contributed by atoms with Crippen molar-refractivity contribution in [3.8, 4) is 0 Å². The molecule has 0 atom stereocenters. The molecule has 0 bridgehead atoms. The summed E-state index contributed by atoms with van der Waals surface area (Å²) in [5.41, 5.74) is 3.03. The normalized spacial score (nSPS) is 14.8. The van der Waals surface area contributed by atoms with Gasteiger partial charge < -0.3 is 10.2 Å². The molecule has 2 nitrogen and oxygen atoms in total. The summed E-state index contributed by atoms with van der Waals surface area (Å²) in [6, 6.07) is 32.0. The number of likely N-dealkylation sites (tertiary alicyclic amines) is 1. The Morgan fingerprint density at radius 2 is 1.00 bits per heavy atom. The highest BCUT2D eigenvalue weighted by atomic mass is 32.1. The zero-order valence-electron chi connectivity index (χ0n) is 16.8. The number of nitrogens with zero attached hydrogens (tertiary/aromatic N) is 1. The van der Waals surface area contributed by atoms with Gasteiger partial charge in [-0.1, -0.05) is 104 Å². The van der Waals surface area contributed by atoms with Gasteiger partial charge in [-0.3, -0.25) is 0 Å². The topological polar surface area (TPSA) is 15.3 Å². The molecule has 0 radical (unpaired) electrons. The minimum absolute atomic E-state index is 0.535. The lowest BCUT2D eigenvalue weighted by atomic mass is 9.77. The van der Waals surface area contributed by atoms with E-state index in [1.165, 1.54) is 42.4 Å². The number of hydrogen-bond donors (Lipinski definition) is 1. The number of nitrogens with one attached hydrogen (secondary N) is 1. The van der Waals surface area contributed by atoms with Crippen LogP contribution in [0.25, 0.3) is 0 Å². The zero-order chi connectivity index (χ0) is 19.9. The third-order valence-electron chi connectivity index (χ3n) is 5.81. The molecule has 3 heteroatoms. The maximum Gasteiger partial charge on any atom is 0.170 e. The van der Waals surface area contributed by atoms with Crippen molar-refractivity contribution in [3.63, 3.8) is 0 Å². The second kappa shape index (κ2) is 9.23. The lowest BCUT2D eigenvalue weighted by Gasteiger charge is -2.40. The van der Waals surface area contributed by atoms with Gasteiger partial charge in [0, 0.05) is 13.1 Å².